The van der Waals surface area contributed by atoms with Crippen molar-refractivity contribution in [2.24, 2.45) is 0 Å². The second-order valence-electron chi connectivity index (χ2n) is 4.01. The van der Waals surface area contributed by atoms with Crippen molar-refractivity contribution < 1.29 is 13.2 Å². The molecule has 1 amide bonds. The van der Waals surface area contributed by atoms with Gasteiger partial charge in [-0.3, -0.25) is 4.79 Å². The average molecular weight is 270 g/mol. The Morgan fingerprint density at radius 2 is 1.89 bits per heavy atom. The normalized spacial score (nSPS) is 13.0. The number of benzene rings is 1. The summed E-state index contributed by atoms with van der Waals surface area (Å²) < 4.78 is 25.9. The summed E-state index contributed by atoms with van der Waals surface area (Å²) in [5.41, 5.74) is 0. The number of rotatable bonds is 6. The number of sulfonamides is 1. The Morgan fingerprint density at radius 1 is 1.28 bits per heavy atom. The minimum Gasteiger partial charge on any atom is -0.353 e. The smallest absolute Gasteiger partial charge is 0.241 e. The molecule has 0 heterocycles. The van der Waals surface area contributed by atoms with Gasteiger partial charge in [0.1, 0.15) is 0 Å². The van der Waals surface area contributed by atoms with Gasteiger partial charge >= 0.3 is 0 Å². The third kappa shape index (κ3) is 4.46. The SMILES string of the molecule is CC[C@H](C)NC(=O)CNS(=O)(=O)c1ccccc1. The van der Waals surface area contributed by atoms with Crippen LogP contribution in [0, 0.1) is 0 Å². The Balaban J connectivity index is 2.56. The molecule has 0 aromatic heterocycles. The number of nitrogens with one attached hydrogen (secondary N) is 2. The fourth-order valence-corrected chi connectivity index (χ4v) is 2.27. The van der Waals surface area contributed by atoms with E-state index < -0.39 is 10.0 Å². The summed E-state index contributed by atoms with van der Waals surface area (Å²) in [5.74, 6) is -0.330. The van der Waals surface area contributed by atoms with Gasteiger partial charge in [-0.05, 0) is 25.5 Å². The molecule has 1 aromatic rings. The predicted octanol–water partition coefficient (Wildman–Crippen LogP) is 0.880. The van der Waals surface area contributed by atoms with Crippen LogP contribution in [0.25, 0.3) is 0 Å². The van der Waals surface area contributed by atoms with E-state index >= 15 is 0 Å². The maximum absolute atomic E-state index is 11.8. The molecule has 0 aliphatic carbocycles. The maximum atomic E-state index is 11.8. The number of carbonyl (C=O) groups excluding carboxylic acids is 1. The first kappa shape index (κ1) is 14.7. The quantitative estimate of drug-likeness (QED) is 0.805. The molecule has 0 unspecified atom stereocenters. The lowest BCUT2D eigenvalue weighted by Crippen LogP contribution is -2.40. The van der Waals surface area contributed by atoms with Crippen molar-refractivity contribution in [3.63, 3.8) is 0 Å². The molecule has 0 fully saturated rings. The van der Waals surface area contributed by atoms with Crippen LogP contribution in [0.4, 0.5) is 0 Å². The van der Waals surface area contributed by atoms with Crippen LogP contribution in [-0.2, 0) is 14.8 Å². The Morgan fingerprint density at radius 3 is 2.44 bits per heavy atom. The fraction of sp³-hybridized carbons (Fsp3) is 0.417. The largest absolute Gasteiger partial charge is 0.353 e. The van der Waals surface area contributed by atoms with Crippen molar-refractivity contribution in [1.29, 1.82) is 0 Å². The highest BCUT2D eigenvalue weighted by atomic mass is 32.2. The van der Waals surface area contributed by atoms with Gasteiger partial charge < -0.3 is 5.32 Å². The van der Waals surface area contributed by atoms with Gasteiger partial charge in [-0.2, -0.15) is 0 Å². The molecule has 0 radical (unpaired) electrons. The van der Waals surface area contributed by atoms with E-state index in [2.05, 4.69) is 10.0 Å². The molecule has 5 nitrogen and oxygen atoms in total. The zero-order valence-electron chi connectivity index (χ0n) is 10.5. The van der Waals surface area contributed by atoms with Crippen molar-refractivity contribution in [1.82, 2.24) is 10.0 Å². The predicted molar refractivity (Wildman–Crippen MR) is 69.5 cm³/mol. The highest BCUT2D eigenvalue weighted by Gasteiger charge is 2.15. The van der Waals surface area contributed by atoms with E-state index in [1.807, 2.05) is 13.8 Å². The van der Waals surface area contributed by atoms with Crippen molar-refractivity contribution >= 4 is 15.9 Å². The zero-order valence-corrected chi connectivity index (χ0v) is 11.3. The third-order valence-electron chi connectivity index (χ3n) is 2.50. The Hall–Kier alpha value is -1.40. The number of hydrogen-bond donors (Lipinski definition) is 2. The molecular formula is C12H18N2O3S. The highest BCUT2D eigenvalue weighted by Crippen LogP contribution is 2.06. The van der Waals surface area contributed by atoms with Crippen molar-refractivity contribution in [2.45, 2.75) is 31.2 Å². The van der Waals surface area contributed by atoms with Crippen LogP contribution in [0.1, 0.15) is 20.3 Å². The van der Waals surface area contributed by atoms with E-state index in [1.54, 1.807) is 18.2 Å². The van der Waals surface area contributed by atoms with Crippen LogP contribution < -0.4 is 10.0 Å². The molecule has 0 bridgehead atoms. The van der Waals surface area contributed by atoms with Crippen LogP contribution in [0.5, 0.6) is 0 Å². The number of amides is 1. The molecule has 2 N–H and O–H groups in total. The van der Waals surface area contributed by atoms with Gasteiger partial charge in [0.05, 0.1) is 11.4 Å². The Labute approximate surface area is 108 Å². The van der Waals surface area contributed by atoms with Crippen molar-refractivity contribution in [2.75, 3.05) is 6.54 Å². The van der Waals surface area contributed by atoms with Gasteiger partial charge in [0.25, 0.3) is 0 Å². The standard InChI is InChI=1S/C12H18N2O3S/c1-3-10(2)14-12(15)9-13-18(16,17)11-7-5-4-6-8-11/h4-8,10,13H,3,9H2,1-2H3,(H,14,15)/t10-/m0/s1. The molecule has 18 heavy (non-hydrogen) atoms. The molecule has 1 atom stereocenters. The summed E-state index contributed by atoms with van der Waals surface area (Å²) in [6.45, 7) is 3.56. The van der Waals surface area contributed by atoms with Gasteiger partial charge in [-0.1, -0.05) is 25.1 Å². The summed E-state index contributed by atoms with van der Waals surface area (Å²) in [5, 5.41) is 2.69. The molecule has 0 saturated heterocycles. The van der Waals surface area contributed by atoms with Crippen LogP contribution in [0.2, 0.25) is 0 Å². The maximum Gasteiger partial charge on any atom is 0.241 e. The molecule has 0 aliphatic heterocycles. The van der Waals surface area contributed by atoms with E-state index in [0.717, 1.165) is 6.42 Å². The highest BCUT2D eigenvalue weighted by molar-refractivity contribution is 7.89. The summed E-state index contributed by atoms with van der Waals surface area (Å²) in [6, 6.07) is 8.00. The van der Waals surface area contributed by atoms with Crippen molar-refractivity contribution in [3.05, 3.63) is 30.3 Å². The summed E-state index contributed by atoms with van der Waals surface area (Å²) in [6.07, 6.45) is 0.803. The van der Waals surface area contributed by atoms with Gasteiger partial charge in [0.2, 0.25) is 15.9 Å². The van der Waals surface area contributed by atoms with Gasteiger partial charge in [-0.15, -0.1) is 0 Å². The van der Waals surface area contributed by atoms with E-state index in [0.29, 0.717) is 0 Å². The fourth-order valence-electron chi connectivity index (χ4n) is 1.27. The lowest BCUT2D eigenvalue weighted by Gasteiger charge is -2.12. The van der Waals surface area contributed by atoms with Crippen LogP contribution in [0.3, 0.4) is 0 Å². The molecule has 100 valence electrons. The van der Waals surface area contributed by atoms with Gasteiger partial charge in [-0.25, -0.2) is 13.1 Å². The monoisotopic (exact) mass is 270 g/mol. The lowest BCUT2D eigenvalue weighted by molar-refractivity contribution is -0.120. The third-order valence-corrected chi connectivity index (χ3v) is 3.91. The molecule has 0 spiro atoms. The molecule has 6 heteroatoms. The minimum absolute atomic E-state index is 0.0405. The average Bonchev–Trinajstić information content (AvgIpc) is 2.37. The topological polar surface area (TPSA) is 75.3 Å². The molecule has 0 saturated carbocycles. The summed E-state index contributed by atoms with van der Waals surface area (Å²) in [4.78, 5) is 11.6. The van der Waals surface area contributed by atoms with Crippen LogP contribution >= 0.6 is 0 Å². The molecular weight excluding hydrogens is 252 g/mol. The molecule has 1 rings (SSSR count). The number of carbonyl (C=O) groups is 1. The van der Waals surface area contributed by atoms with Gasteiger partial charge in [0.15, 0.2) is 0 Å². The van der Waals surface area contributed by atoms with E-state index in [9.17, 15) is 13.2 Å². The van der Waals surface area contributed by atoms with E-state index in [4.69, 9.17) is 0 Å². The molecule has 1 aromatic carbocycles. The first-order valence-corrected chi connectivity index (χ1v) is 7.28. The molecule has 0 aliphatic rings. The van der Waals surface area contributed by atoms with Gasteiger partial charge in [0, 0.05) is 6.04 Å². The van der Waals surface area contributed by atoms with Crippen molar-refractivity contribution in [3.8, 4) is 0 Å². The first-order chi connectivity index (χ1) is 8.45. The summed E-state index contributed by atoms with van der Waals surface area (Å²) in [7, 11) is -3.61. The summed E-state index contributed by atoms with van der Waals surface area (Å²) >= 11 is 0. The first-order valence-electron chi connectivity index (χ1n) is 5.79. The zero-order chi connectivity index (χ0) is 13.6. The second-order valence-corrected chi connectivity index (χ2v) is 5.78. The number of hydrogen-bond acceptors (Lipinski definition) is 3. The second kappa shape index (κ2) is 6.51. The lowest BCUT2D eigenvalue weighted by atomic mass is 10.2. The van der Waals surface area contributed by atoms with Crippen LogP contribution in [0.15, 0.2) is 35.2 Å². The van der Waals surface area contributed by atoms with Crippen LogP contribution in [-0.4, -0.2) is 26.9 Å². The van der Waals surface area contributed by atoms with E-state index in [1.165, 1.54) is 12.1 Å². The Kier molecular flexibility index (Phi) is 5.30. The van der Waals surface area contributed by atoms with E-state index in [-0.39, 0.29) is 23.4 Å². The minimum atomic E-state index is -3.61. The Bertz CT molecular complexity index is 485.